The van der Waals surface area contributed by atoms with Gasteiger partial charge in [-0.05, 0) is 0 Å². The van der Waals surface area contributed by atoms with Crippen molar-refractivity contribution in [3.05, 3.63) is 16.6 Å². The Morgan fingerprint density at radius 2 is 2.05 bits per heavy atom. The van der Waals surface area contributed by atoms with Crippen LogP contribution in [0.1, 0.15) is 0 Å². The second-order valence-electron chi connectivity index (χ2n) is 5.61. The SMILES string of the molecule is Cn1ncc2c(=O)[nH]c(N3CCN(C4COC4)CC3)nc21. The van der Waals surface area contributed by atoms with Gasteiger partial charge >= 0.3 is 0 Å². The molecule has 8 nitrogen and oxygen atoms in total. The van der Waals surface area contributed by atoms with Crippen LogP contribution in [0.4, 0.5) is 5.95 Å². The lowest BCUT2D eigenvalue weighted by atomic mass is 10.2. The quantitative estimate of drug-likeness (QED) is 0.778. The molecule has 0 aromatic carbocycles. The van der Waals surface area contributed by atoms with E-state index in [1.54, 1.807) is 17.9 Å². The highest BCUT2D eigenvalue weighted by atomic mass is 16.5. The van der Waals surface area contributed by atoms with Gasteiger partial charge in [0, 0.05) is 33.2 Å². The highest BCUT2D eigenvalue weighted by Crippen LogP contribution is 2.17. The van der Waals surface area contributed by atoms with Crippen LogP contribution in [0, 0.1) is 0 Å². The highest BCUT2D eigenvalue weighted by Gasteiger charge is 2.29. The smallest absolute Gasteiger partial charge is 0.263 e. The van der Waals surface area contributed by atoms with Crippen molar-refractivity contribution in [3.63, 3.8) is 0 Å². The second kappa shape index (κ2) is 4.81. The number of fused-ring (bicyclic) bond motifs is 1. The fourth-order valence-corrected chi connectivity index (χ4v) is 2.90. The Kier molecular flexibility index (Phi) is 2.93. The maximum absolute atomic E-state index is 12.1. The molecule has 0 unspecified atom stereocenters. The van der Waals surface area contributed by atoms with E-state index in [-0.39, 0.29) is 5.56 Å². The normalized spacial score (nSPS) is 20.9. The monoisotopic (exact) mass is 290 g/mol. The van der Waals surface area contributed by atoms with Gasteiger partial charge in [0.15, 0.2) is 5.65 Å². The number of anilines is 1. The van der Waals surface area contributed by atoms with Crippen molar-refractivity contribution in [1.82, 2.24) is 24.6 Å². The van der Waals surface area contributed by atoms with E-state index >= 15 is 0 Å². The average molecular weight is 290 g/mol. The van der Waals surface area contributed by atoms with Crippen molar-refractivity contribution < 1.29 is 4.74 Å². The van der Waals surface area contributed by atoms with Crippen LogP contribution in [-0.2, 0) is 11.8 Å². The number of H-pyrrole nitrogens is 1. The summed E-state index contributed by atoms with van der Waals surface area (Å²) in [6, 6.07) is 0.568. The van der Waals surface area contributed by atoms with Crippen molar-refractivity contribution in [2.75, 3.05) is 44.3 Å². The number of aromatic nitrogens is 4. The molecular formula is C13H18N6O2. The molecule has 0 spiro atoms. The molecule has 21 heavy (non-hydrogen) atoms. The minimum Gasteiger partial charge on any atom is -0.378 e. The number of ether oxygens (including phenoxy) is 1. The maximum Gasteiger partial charge on any atom is 0.263 e. The summed E-state index contributed by atoms with van der Waals surface area (Å²) in [6.07, 6.45) is 1.56. The number of rotatable bonds is 2. The molecule has 0 bridgehead atoms. The van der Waals surface area contributed by atoms with Crippen molar-refractivity contribution in [2.45, 2.75) is 6.04 Å². The first-order valence-corrected chi connectivity index (χ1v) is 7.21. The first-order chi connectivity index (χ1) is 10.2. The Hall–Kier alpha value is -1.93. The molecule has 1 N–H and O–H groups in total. The molecule has 2 fully saturated rings. The zero-order valence-electron chi connectivity index (χ0n) is 11.9. The molecule has 0 atom stereocenters. The fraction of sp³-hybridized carbons (Fsp3) is 0.615. The van der Waals surface area contributed by atoms with Gasteiger partial charge in [0.1, 0.15) is 5.39 Å². The van der Waals surface area contributed by atoms with Crippen LogP contribution in [0.25, 0.3) is 11.0 Å². The van der Waals surface area contributed by atoms with Crippen LogP contribution in [0.5, 0.6) is 0 Å². The first-order valence-electron chi connectivity index (χ1n) is 7.21. The van der Waals surface area contributed by atoms with E-state index in [2.05, 4.69) is 24.9 Å². The Balaban J connectivity index is 1.56. The van der Waals surface area contributed by atoms with Gasteiger partial charge in [0.25, 0.3) is 5.56 Å². The third kappa shape index (κ3) is 2.11. The molecule has 2 saturated heterocycles. The summed E-state index contributed by atoms with van der Waals surface area (Å²) in [4.78, 5) is 24.1. The molecule has 0 radical (unpaired) electrons. The number of aromatic amines is 1. The lowest BCUT2D eigenvalue weighted by molar-refractivity contribution is -0.0661. The Morgan fingerprint density at radius 1 is 1.29 bits per heavy atom. The van der Waals surface area contributed by atoms with Gasteiger partial charge < -0.3 is 9.64 Å². The summed E-state index contributed by atoms with van der Waals surface area (Å²) in [5.74, 6) is 0.639. The van der Waals surface area contributed by atoms with Crippen molar-refractivity contribution >= 4 is 17.0 Å². The Labute approximate surface area is 121 Å². The zero-order valence-corrected chi connectivity index (χ0v) is 11.9. The third-order valence-corrected chi connectivity index (χ3v) is 4.34. The first kappa shape index (κ1) is 12.8. The molecule has 112 valence electrons. The molecular weight excluding hydrogens is 272 g/mol. The lowest BCUT2D eigenvalue weighted by Crippen LogP contribution is -2.57. The molecule has 0 saturated carbocycles. The predicted octanol–water partition coefficient (Wildman–Crippen LogP) is -0.823. The molecule has 2 aliphatic heterocycles. The number of hydrogen-bond acceptors (Lipinski definition) is 6. The maximum atomic E-state index is 12.1. The summed E-state index contributed by atoms with van der Waals surface area (Å²) >= 11 is 0. The van der Waals surface area contributed by atoms with Crippen molar-refractivity contribution in [2.24, 2.45) is 7.05 Å². The minimum atomic E-state index is -0.127. The number of piperazine rings is 1. The van der Waals surface area contributed by atoms with Gasteiger partial charge in [-0.25, -0.2) is 0 Å². The largest absolute Gasteiger partial charge is 0.378 e. The number of hydrogen-bond donors (Lipinski definition) is 1. The van der Waals surface area contributed by atoms with Crippen LogP contribution in [0.2, 0.25) is 0 Å². The van der Waals surface area contributed by atoms with E-state index in [9.17, 15) is 4.79 Å². The Bertz CT molecular complexity index is 711. The number of nitrogens with one attached hydrogen (secondary N) is 1. The highest BCUT2D eigenvalue weighted by molar-refractivity contribution is 5.74. The van der Waals surface area contributed by atoms with Crippen LogP contribution in [-0.4, -0.2) is 70.1 Å². The molecule has 0 aliphatic carbocycles. The molecule has 4 rings (SSSR count). The van der Waals surface area contributed by atoms with Gasteiger partial charge in [-0.3, -0.25) is 19.4 Å². The lowest BCUT2D eigenvalue weighted by Gasteiger charge is -2.42. The Morgan fingerprint density at radius 3 is 2.71 bits per heavy atom. The van der Waals surface area contributed by atoms with E-state index in [0.29, 0.717) is 23.0 Å². The molecule has 4 heterocycles. The van der Waals surface area contributed by atoms with Crippen LogP contribution < -0.4 is 10.5 Å². The van der Waals surface area contributed by atoms with Crippen molar-refractivity contribution in [3.8, 4) is 0 Å². The van der Waals surface area contributed by atoms with Gasteiger partial charge in [-0.15, -0.1) is 0 Å². The average Bonchev–Trinajstić information content (AvgIpc) is 2.80. The summed E-state index contributed by atoms with van der Waals surface area (Å²) < 4.78 is 6.88. The van der Waals surface area contributed by atoms with E-state index < -0.39 is 0 Å². The number of nitrogens with zero attached hydrogens (tertiary/aromatic N) is 5. The topological polar surface area (TPSA) is 79.3 Å². The third-order valence-electron chi connectivity index (χ3n) is 4.34. The fourth-order valence-electron chi connectivity index (χ4n) is 2.90. The standard InChI is InChI=1S/C13H18N6O2/c1-17-11-10(6-14-17)12(20)16-13(15-11)19-4-2-18(3-5-19)9-7-21-8-9/h6,9H,2-5,7-8H2,1H3,(H,15,16,20). The van der Waals surface area contributed by atoms with E-state index in [4.69, 9.17) is 4.74 Å². The van der Waals surface area contributed by atoms with E-state index in [1.165, 1.54) is 0 Å². The molecule has 2 aromatic rings. The van der Waals surface area contributed by atoms with Gasteiger partial charge in [0.05, 0.1) is 25.5 Å². The minimum absolute atomic E-state index is 0.127. The van der Waals surface area contributed by atoms with Gasteiger partial charge in [-0.2, -0.15) is 10.1 Å². The van der Waals surface area contributed by atoms with Gasteiger partial charge in [0.2, 0.25) is 5.95 Å². The van der Waals surface area contributed by atoms with E-state index in [0.717, 1.165) is 39.4 Å². The summed E-state index contributed by atoms with van der Waals surface area (Å²) in [5, 5.41) is 4.62. The van der Waals surface area contributed by atoms with Crippen LogP contribution in [0.15, 0.2) is 11.0 Å². The van der Waals surface area contributed by atoms with Gasteiger partial charge in [-0.1, -0.05) is 0 Å². The second-order valence-corrected chi connectivity index (χ2v) is 5.61. The molecule has 8 heteroatoms. The molecule has 2 aromatic heterocycles. The summed E-state index contributed by atoms with van der Waals surface area (Å²) in [5.41, 5.74) is 0.501. The van der Waals surface area contributed by atoms with E-state index in [1.807, 2.05) is 0 Å². The molecule has 2 aliphatic rings. The zero-order chi connectivity index (χ0) is 14.4. The predicted molar refractivity (Wildman–Crippen MR) is 77.5 cm³/mol. The summed E-state index contributed by atoms with van der Waals surface area (Å²) in [7, 11) is 1.80. The van der Waals surface area contributed by atoms with Crippen LogP contribution >= 0.6 is 0 Å². The molecule has 0 amide bonds. The van der Waals surface area contributed by atoms with Crippen molar-refractivity contribution in [1.29, 1.82) is 0 Å². The van der Waals surface area contributed by atoms with Crippen LogP contribution in [0.3, 0.4) is 0 Å². The number of aryl methyl sites for hydroxylation is 1. The summed E-state index contributed by atoms with van der Waals surface area (Å²) in [6.45, 7) is 5.36.